The topological polar surface area (TPSA) is 29.5 Å². The van der Waals surface area contributed by atoms with E-state index in [2.05, 4.69) is 0 Å². The summed E-state index contributed by atoms with van der Waals surface area (Å²) in [4.78, 5) is 15.8. The highest BCUT2D eigenvalue weighted by molar-refractivity contribution is 5.77. The zero-order valence-electron chi connectivity index (χ0n) is 7.05. The van der Waals surface area contributed by atoms with E-state index >= 15 is 0 Å². The third kappa shape index (κ3) is 2.35. The van der Waals surface area contributed by atoms with Gasteiger partial charge in [-0.2, -0.15) is 0 Å². The number of hydroxylamine groups is 2. The van der Waals surface area contributed by atoms with E-state index in [4.69, 9.17) is 4.84 Å². The summed E-state index contributed by atoms with van der Waals surface area (Å²) in [5.74, 6) is 0.0925. The van der Waals surface area contributed by atoms with Crippen molar-refractivity contribution in [2.24, 2.45) is 5.92 Å². The van der Waals surface area contributed by atoms with Crippen molar-refractivity contribution in [1.82, 2.24) is 5.06 Å². The maximum absolute atomic E-state index is 11.1. The summed E-state index contributed by atoms with van der Waals surface area (Å²) in [5, 5.41) is 1.26. The standard InChI is InChI=1S/C7H15NO2/c1-5-6(2)7(9)8(3)10-4/h6H,5H2,1-4H3/t6-/m1/s1. The number of amides is 1. The van der Waals surface area contributed by atoms with E-state index in [1.165, 1.54) is 12.2 Å². The molecule has 1 amide bonds. The molecule has 0 aliphatic carbocycles. The number of hydrogen-bond donors (Lipinski definition) is 0. The van der Waals surface area contributed by atoms with Crippen LogP contribution in [-0.4, -0.2) is 25.1 Å². The quantitative estimate of drug-likeness (QED) is 0.555. The summed E-state index contributed by atoms with van der Waals surface area (Å²) in [6.07, 6.45) is 0.854. The average molecular weight is 145 g/mol. The summed E-state index contributed by atoms with van der Waals surface area (Å²) in [6.45, 7) is 3.86. The highest BCUT2D eigenvalue weighted by Crippen LogP contribution is 2.04. The van der Waals surface area contributed by atoms with Crippen molar-refractivity contribution >= 4 is 5.91 Å². The monoisotopic (exact) mass is 145 g/mol. The van der Waals surface area contributed by atoms with Gasteiger partial charge in [0.2, 0.25) is 5.91 Å². The lowest BCUT2D eigenvalue weighted by atomic mass is 10.1. The normalized spacial score (nSPS) is 12.8. The van der Waals surface area contributed by atoms with Crippen LogP contribution in [0.25, 0.3) is 0 Å². The van der Waals surface area contributed by atoms with Crippen LogP contribution in [0.15, 0.2) is 0 Å². The fourth-order valence-electron chi connectivity index (χ4n) is 0.575. The Labute approximate surface area is 61.9 Å². The van der Waals surface area contributed by atoms with Gasteiger partial charge < -0.3 is 0 Å². The third-order valence-electron chi connectivity index (χ3n) is 1.62. The smallest absolute Gasteiger partial charge is 0.248 e. The Kier molecular flexibility index (Phi) is 4.03. The number of carbonyl (C=O) groups is 1. The summed E-state index contributed by atoms with van der Waals surface area (Å²) in [7, 11) is 3.11. The molecule has 0 radical (unpaired) electrons. The van der Waals surface area contributed by atoms with Gasteiger partial charge in [-0.15, -0.1) is 0 Å². The minimum Gasteiger partial charge on any atom is -0.275 e. The van der Waals surface area contributed by atoms with Gasteiger partial charge in [0.25, 0.3) is 0 Å². The lowest BCUT2D eigenvalue weighted by Gasteiger charge is -2.16. The highest BCUT2D eigenvalue weighted by atomic mass is 16.7. The van der Waals surface area contributed by atoms with Crippen molar-refractivity contribution in [3.8, 4) is 0 Å². The Balaban J connectivity index is 3.82. The van der Waals surface area contributed by atoms with Gasteiger partial charge >= 0.3 is 0 Å². The van der Waals surface area contributed by atoms with Gasteiger partial charge in [0, 0.05) is 13.0 Å². The molecule has 0 saturated heterocycles. The first-order valence-electron chi connectivity index (χ1n) is 3.45. The second-order valence-corrected chi connectivity index (χ2v) is 2.33. The van der Waals surface area contributed by atoms with Crippen LogP contribution < -0.4 is 0 Å². The molecular weight excluding hydrogens is 130 g/mol. The van der Waals surface area contributed by atoms with Gasteiger partial charge in [0.15, 0.2) is 0 Å². The van der Waals surface area contributed by atoms with E-state index in [0.717, 1.165) is 6.42 Å². The Morgan fingerprint density at radius 1 is 1.70 bits per heavy atom. The molecule has 0 rings (SSSR count). The third-order valence-corrected chi connectivity index (χ3v) is 1.62. The first-order valence-corrected chi connectivity index (χ1v) is 3.45. The predicted molar refractivity (Wildman–Crippen MR) is 39.2 cm³/mol. The Bertz CT molecular complexity index is 102. The lowest BCUT2D eigenvalue weighted by molar-refractivity contribution is -0.172. The van der Waals surface area contributed by atoms with Crippen LogP contribution in [0.3, 0.4) is 0 Å². The molecule has 0 aromatic rings. The molecule has 0 aliphatic rings. The molecule has 0 aromatic heterocycles. The molecule has 60 valence electrons. The molecule has 0 unspecified atom stereocenters. The number of carbonyl (C=O) groups excluding carboxylic acids is 1. The molecule has 10 heavy (non-hydrogen) atoms. The van der Waals surface area contributed by atoms with Crippen molar-refractivity contribution in [2.75, 3.05) is 14.2 Å². The molecule has 3 nitrogen and oxygen atoms in total. The maximum atomic E-state index is 11.1. The second-order valence-electron chi connectivity index (χ2n) is 2.33. The first-order chi connectivity index (χ1) is 4.63. The van der Waals surface area contributed by atoms with Gasteiger partial charge in [-0.1, -0.05) is 13.8 Å². The lowest BCUT2D eigenvalue weighted by Crippen LogP contribution is -2.30. The number of hydrogen-bond acceptors (Lipinski definition) is 2. The van der Waals surface area contributed by atoms with Crippen LogP contribution in [-0.2, 0) is 9.63 Å². The van der Waals surface area contributed by atoms with Crippen LogP contribution in [0, 0.1) is 5.92 Å². The van der Waals surface area contributed by atoms with Crippen LogP contribution in [0.2, 0.25) is 0 Å². The fraction of sp³-hybridized carbons (Fsp3) is 0.857. The number of rotatable bonds is 3. The van der Waals surface area contributed by atoms with E-state index in [9.17, 15) is 4.79 Å². The summed E-state index contributed by atoms with van der Waals surface area (Å²) in [5.41, 5.74) is 0. The van der Waals surface area contributed by atoms with E-state index < -0.39 is 0 Å². The summed E-state index contributed by atoms with van der Waals surface area (Å²) >= 11 is 0. The van der Waals surface area contributed by atoms with E-state index in [1.54, 1.807) is 7.05 Å². The van der Waals surface area contributed by atoms with Gasteiger partial charge in [-0.25, -0.2) is 5.06 Å². The SMILES string of the molecule is CC[C@@H](C)C(=O)N(C)OC. The van der Waals surface area contributed by atoms with Crippen molar-refractivity contribution < 1.29 is 9.63 Å². The zero-order chi connectivity index (χ0) is 8.15. The minimum absolute atomic E-state index is 0.0324. The molecule has 0 fully saturated rings. The Morgan fingerprint density at radius 3 is 2.50 bits per heavy atom. The molecular formula is C7H15NO2. The van der Waals surface area contributed by atoms with Crippen molar-refractivity contribution in [3.63, 3.8) is 0 Å². The molecule has 0 bridgehead atoms. The Hall–Kier alpha value is -0.570. The van der Waals surface area contributed by atoms with Crippen LogP contribution in [0.5, 0.6) is 0 Å². The van der Waals surface area contributed by atoms with E-state index in [0.29, 0.717) is 0 Å². The summed E-state index contributed by atoms with van der Waals surface area (Å²) < 4.78 is 0. The molecule has 0 heterocycles. The molecule has 0 spiro atoms. The van der Waals surface area contributed by atoms with Crippen molar-refractivity contribution in [3.05, 3.63) is 0 Å². The molecule has 1 atom stereocenters. The summed E-state index contributed by atoms with van der Waals surface area (Å²) in [6, 6.07) is 0. The van der Waals surface area contributed by atoms with Crippen LogP contribution in [0.4, 0.5) is 0 Å². The fourth-order valence-corrected chi connectivity index (χ4v) is 0.575. The van der Waals surface area contributed by atoms with Crippen LogP contribution in [0.1, 0.15) is 20.3 Å². The van der Waals surface area contributed by atoms with Crippen molar-refractivity contribution in [1.29, 1.82) is 0 Å². The van der Waals surface area contributed by atoms with Gasteiger partial charge in [-0.05, 0) is 6.42 Å². The van der Waals surface area contributed by atoms with Gasteiger partial charge in [0.05, 0.1) is 7.11 Å². The molecule has 0 N–H and O–H groups in total. The minimum atomic E-state index is 0.0324. The van der Waals surface area contributed by atoms with E-state index in [-0.39, 0.29) is 11.8 Å². The van der Waals surface area contributed by atoms with Gasteiger partial charge in [0.1, 0.15) is 0 Å². The highest BCUT2D eigenvalue weighted by Gasteiger charge is 2.14. The van der Waals surface area contributed by atoms with Gasteiger partial charge in [-0.3, -0.25) is 9.63 Å². The molecule has 3 heteroatoms. The maximum Gasteiger partial charge on any atom is 0.248 e. The Morgan fingerprint density at radius 2 is 2.20 bits per heavy atom. The average Bonchev–Trinajstić information content (AvgIpc) is 2.00. The zero-order valence-corrected chi connectivity index (χ0v) is 7.05. The van der Waals surface area contributed by atoms with E-state index in [1.807, 2.05) is 13.8 Å². The molecule has 0 aliphatic heterocycles. The largest absolute Gasteiger partial charge is 0.275 e. The molecule has 0 saturated carbocycles. The first kappa shape index (κ1) is 9.43. The predicted octanol–water partition coefficient (Wildman–Crippen LogP) is 1.05. The second kappa shape index (κ2) is 4.28. The van der Waals surface area contributed by atoms with Crippen LogP contribution >= 0.6 is 0 Å². The van der Waals surface area contributed by atoms with Crippen molar-refractivity contribution in [2.45, 2.75) is 20.3 Å². The number of nitrogens with zero attached hydrogens (tertiary/aromatic N) is 1. The molecule has 0 aromatic carbocycles.